The quantitative estimate of drug-likeness (QED) is 0.669. The monoisotopic (exact) mass is 345 g/mol. The highest BCUT2D eigenvalue weighted by atomic mass is 32.2. The lowest BCUT2D eigenvalue weighted by Crippen LogP contribution is -2.35. The topological polar surface area (TPSA) is 104 Å². The Hall–Kier alpha value is -2.60. The summed E-state index contributed by atoms with van der Waals surface area (Å²) in [7, 11) is 12.5. The second-order valence-electron chi connectivity index (χ2n) is 5.61. The predicted octanol–water partition coefficient (Wildman–Crippen LogP) is 0.419. The summed E-state index contributed by atoms with van der Waals surface area (Å²) < 4.78 is 28.6. The van der Waals surface area contributed by atoms with Gasteiger partial charge in [-0.3, -0.25) is 9.40 Å². The van der Waals surface area contributed by atoms with Crippen molar-refractivity contribution in [2.24, 2.45) is 0 Å². The first-order valence-corrected chi connectivity index (χ1v) is 8.57. The number of rotatable bonds is 4. The first kappa shape index (κ1) is 17.2. The molecule has 25 heavy (non-hydrogen) atoms. The van der Waals surface area contributed by atoms with Crippen LogP contribution in [-0.2, 0) is 15.3 Å². The van der Waals surface area contributed by atoms with Crippen molar-refractivity contribution in [3.63, 3.8) is 0 Å². The van der Waals surface area contributed by atoms with Crippen molar-refractivity contribution in [1.29, 1.82) is 5.26 Å². The van der Waals surface area contributed by atoms with Crippen LogP contribution in [0.1, 0.15) is 11.1 Å². The van der Waals surface area contributed by atoms with Gasteiger partial charge in [0.15, 0.2) is 0 Å². The van der Waals surface area contributed by atoms with Crippen LogP contribution in [0.5, 0.6) is 0 Å². The molecule has 0 amide bonds. The number of sulfonamides is 1. The standard InChI is InChI=1S/C14H10B3N5O2S/c1-8-2-3-11(13-12(8)9(4-18)5-19-13)21-25(23,24)10-6-20-22(7-10)14(15,16)17/h2-3,5-7,19,21H,1H3. The SMILES string of the molecule is [B]C([B])([B])n1cc(S(=O)(=O)Nc2ccc(C)c3c(C#N)c[nH]c23)cn1. The predicted molar refractivity (Wildman–Crippen MR) is 96.0 cm³/mol. The van der Waals surface area contributed by atoms with Crippen LogP contribution in [0.2, 0.25) is 0 Å². The van der Waals surface area contributed by atoms with Crippen molar-refractivity contribution >= 4 is 50.2 Å². The lowest BCUT2D eigenvalue weighted by Gasteiger charge is -2.20. The molecule has 3 rings (SSSR count). The highest BCUT2D eigenvalue weighted by Gasteiger charge is 2.22. The molecule has 0 spiro atoms. The van der Waals surface area contributed by atoms with E-state index in [4.69, 9.17) is 23.5 Å². The third-order valence-corrected chi connectivity index (χ3v) is 4.99. The third-order valence-electron chi connectivity index (χ3n) is 3.67. The summed E-state index contributed by atoms with van der Waals surface area (Å²) in [5.41, 5.74) is 2.09. The van der Waals surface area contributed by atoms with Gasteiger partial charge in [-0.25, -0.2) is 8.42 Å². The fourth-order valence-corrected chi connectivity index (χ4v) is 3.46. The van der Waals surface area contributed by atoms with Crippen LogP contribution >= 0.6 is 0 Å². The highest BCUT2D eigenvalue weighted by Crippen LogP contribution is 2.29. The van der Waals surface area contributed by atoms with E-state index in [0.29, 0.717) is 22.2 Å². The molecule has 0 saturated heterocycles. The molecule has 0 saturated carbocycles. The van der Waals surface area contributed by atoms with Crippen LogP contribution in [0, 0.1) is 18.3 Å². The maximum Gasteiger partial charge on any atom is 0.265 e. The molecule has 7 nitrogen and oxygen atoms in total. The molecule has 2 heterocycles. The minimum Gasteiger partial charge on any atom is -0.358 e. The van der Waals surface area contributed by atoms with Gasteiger partial charge in [0.05, 0.1) is 46.5 Å². The van der Waals surface area contributed by atoms with Gasteiger partial charge >= 0.3 is 0 Å². The van der Waals surface area contributed by atoms with Crippen molar-refractivity contribution in [3.05, 3.63) is 41.9 Å². The molecule has 118 valence electrons. The Balaban J connectivity index is 2.04. The molecule has 0 aliphatic carbocycles. The van der Waals surface area contributed by atoms with E-state index in [1.54, 1.807) is 12.1 Å². The highest BCUT2D eigenvalue weighted by molar-refractivity contribution is 7.92. The summed E-state index contributed by atoms with van der Waals surface area (Å²) in [6.45, 7) is 1.84. The number of aryl methyl sites for hydroxylation is 1. The third kappa shape index (κ3) is 3.05. The Morgan fingerprint density at radius 1 is 1.36 bits per heavy atom. The maximum absolute atomic E-state index is 12.6. The van der Waals surface area contributed by atoms with Crippen LogP contribution < -0.4 is 4.72 Å². The summed E-state index contributed by atoms with van der Waals surface area (Å²) in [4.78, 5) is 2.77. The lowest BCUT2D eigenvalue weighted by molar-refractivity contribution is 0.600. The number of anilines is 1. The van der Waals surface area contributed by atoms with Gasteiger partial charge < -0.3 is 4.98 Å². The van der Waals surface area contributed by atoms with E-state index in [-0.39, 0.29) is 4.90 Å². The van der Waals surface area contributed by atoms with Crippen molar-refractivity contribution < 1.29 is 8.42 Å². The fourth-order valence-electron chi connectivity index (χ4n) is 2.45. The van der Waals surface area contributed by atoms with Crippen molar-refractivity contribution in [1.82, 2.24) is 14.8 Å². The van der Waals surface area contributed by atoms with E-state index < -0.39 is 15.3 Å². The minimum absolute atomic E-state index is 0.154. The number of aromatic nitrogens is 3. The molecule has 0 unspecified atom stereocenters. The van der Waals surface area contributed by atoms with E-state index in [9.17, 15) is 13.7 Å². The molecule has 1 aromatic carbocycles. The Morgan fingerprint density at radius 2 is 2.08 bits per heavy atom. The number of nitrogens with zero attached hydrogens (tertiary/aromatic N) is 3. The Morgan fingerprint density at radius 3 is 2.68 bits per heavy atom. The van der Waals surface area contributed by atoms with Gasteiger partial charge in [-0.1, -0.05) is 6.07 Å². The Kier molecular flexibility index (Phi) is 3.96. The first-order chi connectivity index (χ1) is 11.6. The van der Waals surface area contributed by atoms with Crippen LogP contribution in [0.4, 0.5) is 5.69 Å². The summed E-state index contributed by atoms with van der Waals surface area (Å²) in [6.07, 6.45) is 3.74. The first-order valence-electron chi connectivity index (χ1n) is 7.09. The van der Waals surface area contributed by atoms with Gasteiger partial charge in [-0.15, -0.1) is 0 Å². The molecule has 0 bridgehead atoms. The van der Waals surface area contributed by atoms with E-state index in [1.165, 1.54) is 6.20 Å². The molecule has 2 aromatic heterocycles. The molecule has 3 aromatic rings. The minimum atomic E-state index is -3.96. The van der Waals surface area contributed by atoms with E-state index in [1.807, 2.05) is 6.92 Å². The van der Waals surface area contributed by atoms with Gasteiger partial charge in [-0.05, 0) is 23.8 Å². The molecule has 0 fully saturated rings. The van der Waals surface area contributed by atoms with Gasteiger partial charge in [-0.2, -0.15) is 10.4 Å². The van der Waals surface area contributed by atoms with E-state index >= 15 is 0 Å². The second-order valence-corrected chi connectivity index (χ2v) is 7.29. The van der Waals surface area contributed by atoms with Gasteiger partial charge in [0.1, 0.15) is 11.0 Å². The number of benzene rings is 1. The normalized spacial score (nSPS) is 12.2. The molecule has 6 radical (unpaired) electrons. The molecule has 11 heteroatoms. The second kappa shape index (κ2) is 5.74. The fraction of sp³-hybridized carbons (Fsp3) is 0.143. The number of hydrogen-bond donors (Lipinski definition) is 2. The van der Waals surface area contributed by atoms with Crippen molar-refractivity contribution in [2.45, 2.75) is 17.1 Å². The number of nitriles is 1. The molecular weight excluding hydrogens is 335 g/mol. The number of aromatic amines is 1. The van der Waals surface area contributed by atoms with Crippen LogP contribution in [0.25, 0.3) is 10.9 Å². The maximum atomic E-state index is 12.6. The lowest BCUT2D eigenvalue weighted by atomic mass is 9.49. The molecule has 0 aliphatic heterocycles. The molecule has 2 N–H and O–H groups in total. The van der Waals surface area contributed by atoms with E-state index in [0.717, 1.165) is 22.6 Å². The smallest absolute Gasteiger partial charge is 0.265 e. The van der Waals surface area contributed by atoms with E-state index in [2.05, 4.69) is 20.9 Å². The zero-order valence-electron chi connectivity index (χ0n) is 13.2. The van der Waals surface area contributed by atoms with Crippen LogP contribution in [-0.4, -0.2) is 46.7 Å². The summed E-state index contributed by atoms with van der Waals surface area (Å²) >= 11 is 0. The summed E-state index contributed by atoms with van der Waals surface area (Å²) in [5.74, 6) is 0. The number of nitrogens with one attached hydrogen (secondary N) is 2. The molecule has 0 atom stereocenters. The van der Waals surface area contributed by atoms with Gasteiger partial charge in [0.2, 0.25) is 0 Å². The van der Waals surface area contributed by atoms with Crippen LogP contribution in [0.15, 0.2) is 35.6 Å². The number of fused-ring (bicyclic) bond motifs is 1. The number of H-pyrrole nitrogens is 1. The van der Waals surface area contributed by atoms with Crippen molar-refractivity contribution in [2.75, 3.05) is 4.72 Å². The van der Waals surface area contributed by atoms with Crippen LogP contribution in [0.3, 0.4) is 0 Å². The average molecular weight is 345 g/mol. The summed E-state index contributed by atoms with van der Waals surface area (Å²) in [5, 5.41) is 11.8. The molecular formula is C14H10B3N5O2S. The Labute approximate surface area is 148 Å². The van der Waals surface area contributed by atoms with Crippen molar-refractivity contribution in [3.8, 4) is 6.07 Å². The zero-order chi connectivity index (χ0) is 18.4. The molecule has 0 aliphatic rings. The Bertz CT molecular complexity index is 1110. The largest absolute Gasteiger partial charge is 0.358 e. The van der Waals surface area contributed by atoms with Gasteiger partial charge in [0.25, 0.3) is 10.0 Å². The average Bonchev–Trinajstić information content (AvgIpc) is 3.16. The zero-order valence-corrected chi connectivity index (χ0v) is 14.0. The number of hydrogen-bond acceptors (Lipinski definition) is 4. The van der Waals surface area contributed by atoms with Gasteiger partial charge in [0, 0.05) is 17.8 Å². The summed E-state index contributed by atoms with van der Waals surface area (Å²) in [6, 6.07) is 5.40.